The summed E-state index contributed by atoms with van der Waals surface area (Å²) in [6.45, 7) is 0.400. The zero-order valence-corrected chi connectivity index (χ0v) is 12.3. The zero-order chi connectivity index (χ0) is 15.5. The van der Waals surface area contributed by atoms with Gasteiger partial charge in [-0.25, -0.2) is 4.98 Å². The van der Waals surface area contributed by atoms with E-state index < -0.39 is 11.5 Å². The second-order valence-corrected chi connectivity index (χ2v) is 5.79. The highest BCUT2D eigenvalue weighted by Gasteiger charge is 2.11. The first-order chi connectivity index (χ1) is 10.6. The van der Waals surface area contributed by atoms with E-state index in [9.17, 15) is 14.7 Å². The number of thiazole rings is 1. The zero-order valence-electron chi connectivity index (χ0n) is 11.5. The third-order valence-corrected chi connectivity index (χ3v) is 4.21. The Bertz CT molecular complexity index is 852. The Morgan fingerprint density at radius 2 is 2.18 bits per heavy atom. The first-order valence-electron chi connectivity index (χ1n) is 6.68. The Kier molecular flexibility index (Phi) is 3.88. The molecule has 112 valence electrons. The molecule has 0 radical (unpaired) electrons. The number of carbonyl (C=O) groups is 1. The van der Waals surface area contributed by atoms with E-state index in [2.05, 4.69) is 15.3 Å². The lowest BCUT2D eigenvalue weighted by molar-refractivity contribution is 0.0951. The van der Waals surface area contributed by atoms with Crippen molar-refractivity contribution in [3.63, 3.8) is 0 Å². The van der Waals surface area contributed by atoms with E-state index in [0.29, 0.717) is 13.0 Å². The first kappa shape index (κ1) is 14.3. The average Bonchev–Trinajstić information content (AvgIpc) is 2.89. The van der Waals surface area contributed by atoms with Gasteiger partial charge in [0, 0.05) is 25.2 Å². The number of aromatic nitrogens is 2. The molecule has 0 atom stereocenters. The number of hydrogen-bond donors (Lipinski definition) is 3. The van der Waals surface area contributed by atoms with Gasteiger partial charge in [-0.15, -0.1) is 11.3 Å². The fourth-order valence-electron chi connectivity index (χ4n) is 2.05. The van der Waals surface area contributed by atoms with E-state index in [1.807, 2.05) is 24.3 Å². The molecule has 1 aromatic carbocycles. The van der Waals surface area contributed by atoms with Crippen molar-refractivity contribution in [3.8, 4) is 5.75 Å². The van der Waals surface area contributed by atoms with Crippen LogP contribution in [0.15, 0.2) is 41.3 Å². The summed E-state index contributed by atoms with van der Waals surface area (Å²) in [5.74, 6) is -0.768. The number of nitrogens with zero attached hydrogens (tertiary/aromatic N) is 1. The maximum absolute atomic E-state index is 11.9. The SMILES string of the molecule is O=C(NCCc1nc2ccccc2s1)c1c[nH]c(=O)cc1O. The number of hydrogen-bond acceptors (Lipinski definition) is 5. The highest BCUT2D eigenvalue weighted by molar-refractivity contribution is 7.18. The molecule has 0 saturated carbocycles. The number of nitrogens with one attached hydrogen (secondary N) is 2. The summed E-state index contributed by atoms with van der Waals surface area (Å²) in [6, 6.07) is 8.83. The molecule has 3 N–H and O–H groups in total. The molecule has 2 aromatic heterocycles. The molecule has 0 fully saturated rings. The van der Waals surface area contributed by atoms with Gasteiger partial charge >= 0.3 is 0 Å². The van der Waals surface area contributed by atoms with Crippen LogP contribution in [-0.4, -0.2) is 27.5 Å². The molecule has 0 bridgehead atoms. The van der Waals surface area contributed by atoms with Gasteiger partial charge < -0.3 is 15.4 Å². The molecular weight excluding hydrogens is 302 g/mol. The van der Waals surface area contributed by atoms with Crippen LogP contribution in [0.2, 0.25) is 0 Å². The number of pyridine rings is 1. The third kappa shape index (κ3) is 2.99. The number of benzene rings is 1. The number of amides is 1. The van der Waals surface area contributed by atoms with E-state index in [-0.39, 0.29) is 11.3 Å². The van der Waals surface area contributed by atoms with Crippen molar-refractivity contribution in [3.05, 3.63) is 57.5 Å². The van der Waals surface area contributed by atoms with Crippen LogP contribution in [0.25, 0.3) is 10.2 Å². The van der Waals surface area contributed by atoms with Gasteiger partial charge in [-0.1, -0.05) is 12.1 Å². The number of fused-ring (bicyclic) bond motifs is 1. The van der Waals surface area contributed by atoms with Gasteiger partial charge in [0.15, 0.2) is 0 Å². The average molecular weight is 315 g/mol. The van der Waals surface area contributed by atoms with Crippen molar-refractivity contribution < 1.29 is 9.90 Å². The number of para-hydroxylation sites is 1. The van der Waals surface area contributed by atoms with E-state index >= 15 is 0 Å². The molecule has 0 unspecified atom stereocenters. The monoisotopic (exact) mass is 315 g/mol. The maximum Gasteiger partial charge on any atom is 0.256 e. The molecule has 0 spiro atoms. The number of carbonyl (C=O) groups excluding carboxylic acids is 1. The van der Waals surface area contributed by atoms with Crippen LogP contribution >= 0.6 is 11.3 Å². The molecular formula is C15H13N3O3S. The molecule has 0 saturated heterocycles. The van der Waals surface area contributed by atoms with Gasteiger partial charge in [0.1, 0.15) is 5.75 Å². The van der Waals surface area contributed by atoms with E-state index in [0.717, 1.165) is 21.3 Å². The minimum atomic E-state index is -0.455. The molecule has 3 aromatic rings. The van der Waals surface area contributed by atoms with Crippen molar-refractivity contribution in [2.24, 2.45) is 0 Å². The number of H-pyrrole nitrogens is 1. The van der Waals surface area contributed by atoms with Crippen LogP contribution in [0.3, 0.4) is 0 Å². The van der Waals surface area contributed by atoms with Crippen molar-refractivity contribution in [2.75, 3.05) is 6.54 Å². The summed E-state index contributed by atoms with van der Waals surface area (Å²) in [4.78, 5) is 29.8. The lowest BCUT2D eigenvalue weighted by Crippen LogP contribution is -2.26. The van der Waals surface area contributed by atoms with Gasteiger partial charge in [0.25, 0.3) is 11.5 Å². The summed E-state index contributed by atoms with van der Waals surface area (Å²) in [5.41, 5.74) is 0.541. The second-order valence-electron chi connectivity index (χ2n) is 4.68. The Morgan fingerprint density at radius 3 is 2.95 bits per heavy atom. The van der Waals surface area contributed by atoms with Crippen molar-refractivity contribution >= 4 is 27.5 Å². The standard InChI is InChI=1S/C15H13N3O3S/c19-11-7-13(20)17-8-9(11)15(21)16-6-5-14-18-10-3-1-2-4-12(10)22-14/h1-4,7-8H,5-6H2,(H,16,21)(H2,17,19,20). The van der Waals surface area contributed by atoms with Crippen LogP contribution in [0.1, 0.15) is 15.4 Å². The van der Waals surface area contributed by atoms with Crippen LogP contribution < -0.4 is 10.9 Å². The van der Waals surface area contributed by atoms with Crippen LogP contribution in [0, 0.1) is 0 Å². The maximum atomic E-state index is 11.9. The summed E-state index contributed by atoms with van der Waals surface area (Å²) < 4.78 is 1.11. The lowest BCUT2D eigenvalue weighted by Gasteiger charge is -2.05. The molecule has 3 rings (SSSR count). The Balaban J connectivity index is 1.62. The van der Waals surface area contributed by atoms with Crippen molar-refractivity contribution in [1.82, 2.24) is 15.3 Å². The molecule has 0 aliphatic heterocycles. The minimum Gasteiger partial charge on any atom is -0.507 e. The van der Waals surface area contributed by atoms with Gasteiger partial charge in [-0.05, 0) is 12.1 Å². The third-order valence-electron chi connectivity index (χ3n) is 3.11. The Morgan fingerprint density at radius 1 is 1.36 bits per heavy atom. The van der Waals surface area contributed by atoms with Gasteiger partial charge in [0.05, 0.1) is 20.8 Å². The highest BCUT2D eigenvalue weighted by Crippen LogP contribution is 2.21. The number of aromatic hydroxyl groups is 1. The largest absolute Gasteiger partial charge is 0.507 e. The lowest BCUT2D eigenvalue weighted by atomic mass is 10.2. The minimum absolute atomic E-state index is 0.0453. The first-order valence-corrected chi connectivity index (χ1v) is 7.49. The van der Waals surface area contributed by atoms with Crippen LogP contribution in [0.5, 0.6) is 5.75 Å². The van der Waals surface area contributed by atoms with E-state index in [1.54, 1.807) is 11.3 Å². The molecule has 0 aliphatic carbocycles. The molecule has 2 heterocycles. The number of aromatic amines is 1. The molecule has 1 amide bonds. The topological polar surface area (TPSA) is 95.1 Å². The molecule has 7 heteroatoms. The quantitative estimate of drug-likeness (QED) is 0.682. The molecule has 0 aliphatic rings. The number of rotatable bonds is 4. The predicted octanol–water partition coefficient (Wildman–Crippen LogP) is 1.66. The molecule has 6 nitrogen and oxygen atoms in total. The van der Waals surface area contributed by atoms with E-state index in [4.69, 9.17) is 0 Å². The van der Waals surface area contributed by atoms with E-state index in [1.165, 1.54) is 6.20 Å². The second kappa shape index (κ2) is 5.98. The van der Waals surface area contributed by atoms with Crippen molar-refractivity contribution in [1.29, 1.82) is 0 Å². The Hall–Kier alpha value is -2.67. The Labute approximate surface area is 129 Å². The van der Waals surface area contributed by atoms with Crippen LogP contribution in [0.4, 0.5) is 0 Å². The summed E-state index contributed by atoms with van der Waals surface area (Å²) in [5, 5.41) is 13.2. The smallest absolute Gasteiger partial charge is 0.256 e. The van der Waals surface area contributed by atoms with Gasteiger partial charge in [-0.2, -0.15) is 0 Å². The summed E-state index contributed by atoms with van der Waals surface area (Å²) in [6.07, 6.45) is 1.81. The van der Waals surface area contributed by atoms with Crippen molar-refractivity contribution in [2.45, 2.75) is 6.42 Å². The van der Waals surface area contributed by atoms with Crippen LogP contribution in [-0.2, 0) is 6.42 Å². The summed E-state index contributed by atoms with van der Waals surface area (Å²) >= 11 is 1.59. The fraction of sp³-hybridized carbons (Fsp3) is 0.133. The molecule has 22 heavy (non-hydrogen) atoms. The van der Waals surface area contributed by atoms with Gasteiger partial charge in [-0.3, -0.25) is 9.59 Å². The highest BCUT2D eigenvalue weighted by atomic mass is 32.1. The summed E-state index contributed by atoms with van der Waals surface area (Å²) in [7, 11) is 0. The predicted molar refractivity (Wildman–Crippen MR) is 84.4 cm³/mol. The normalized spacial score (nSPS) is 10.7. The van der Waals surface area contributed by atoms with Gasteiger partial charge in [0.2, 0.25) is 0 Å². The fourth-order valence-corrected chi connectivity index (χ4v) is 3.01.